The molecule has 0 spiro atoms. The van der Waals surface area contributed by atoms with Gasteiger partial charge in [0.1, 0.15) is 6.04 Å². The van der Waals surface area contributed by atoms with Gasteiger partial charge in [-0.05, 0) is 25.7 Å². The summed E-state index contributed by atoms with van der Waals surface area (Å²) in [5.74, 6) is -0.396. The first-order chi connectivity index (χ1) is 8.86. The Balaban J connectivity index is 4.00. The smallest absolute Gasteiger partial charge is 0.326 e. The Morgan fingerprint density at radius 3 is 2.32 bits per heavy atom. The topological polar surface area (TPSA) is 78.4 Å². The SMILES string of the molecule is C=CCC(NC(=O)NC(C)CCCC(C)C)C(=O)O. The van der Waals surface area contributed by atoms with Crippen LogP contribution < -0.4 is 10.6 Å². The molecule has 0 rings (SSSR count). The number of carbonyl (C=O) groups is 2. The molecular formula is C14H26N2O3. The Kier molecular flexibility index (Phi) is 8.66. The van der Waals surface area contributed by atoms with Gasteiger partial charge < -0.3 is 15.7 Å². The lowest BCUT2D eigenvalue weighted by molar-refractivity contribution is -0.139. The summed E-state index contributed by atoms with van der Waals surface area (Å²) in [5, 5.41) is 14.1. The summed E-state index contributed by atoms with van der Waals surface area (Å²) in [6.45, 7) is 9.72. The third-order valence-electron chi connectivity index (χ3n) is 2.80. The average Bonchev–Trinajstić information content (AvgIpc) is 2.27. The molecule has 5 heteroatoms. The zero-order valence-electron chi connectivity index (χ0n) is 12.1. The zero-order valence-corrected chi connectivity index (χ0v) is 12.1. The monoisotopic (exact) mass is 270 g/mol. The van der Waals surface area contributed by atoms with Crippen molar-refractivity contribution in [2.75, 3.05) is 0 Å². The van der Waals surface area contributed by atoms with Crippen molar-refractivity contribution >= 4 is 12.0 Å². The summed E-state index contributed by atoms with van der Waals surface area (Å²) >= 11 is 0. The summed E-state index contributed by atoms with van der Waals surface area (Å²) in [6, 6.07) is -1.32. The molecule has 0 saturated carbocycles. The fraction of sp³-hybridized carbons (Fsp3) is 0.714. The lowest BCUT2D eigenvalue weighted by Crippen LogP contribution is -2.48. The van der Waals surface area contributed by atoms with Crippen LogP contribution >= 0.6 is 0 Å². The van der Waals surface area contributed by atoms with Crippen LogP contribution in [-0.2, 0) is 4.79 Å². The van der Waals surface area contributed by atoms with Crippen LogP contribution in [0.2, 0.25) is 0 Å². The number of carboxylic acid groups (broad SMARTS) is 1. The van der Waals surface area contributed by atoms with Crippen molar-refractivity contribution in [3.8, 4) is 0 Å². The molecule has 3 N–H and O–H groups in total. The molecule has 0 aromatic carbocycles. The second kappa shape index (κ2) is 9.42. The molecule has 0 aliphatic rings. The standard InChI is InChI=1S/C14H26N2O3/c1-5-7-12(13(17)18)16-14(19)15-11(4)9-6-8-10(2)3/h5,10-12H,1,6-9H2,2-4H3,(H,17,18)(H2,15,16,19). The predicted octanol–water partition coefficient (Wildman–Crippen LogP) is 2.53. The Morgan fingerprint density at radius 2 is 1.84 bits per heavy atom. The van der Waals surface area contributed by atoms with Gasteiger partial charge in [0.25, 0.3) is 0 Å². The average molecular weight is 270 g/mol. The van der Waals surface area contributed by atoms with E-state index >= 15 is 0 Å². The van der Waals surface area contributed by atoms with Crippen molar-refractivity contribution in [1.82, 2.24) is 10.6 Å². The van der Waals surface area contributed by atoms with E-state index in [2.05, 4.69) is 31.1 Å². The third-order valence-corrected chi connectivity index (χ3v) is 2.80. The number of amides is 2. The lowest BCUT2D eigenvalue weighted by Gasteiger charge is -2.18. The molecule has 0 heterocycles. The van der Waals surface area contributed by atoms with Crippen molar-refractivity contribution in [2.45, 2.75) is 58.5 Å². The molecule has 0 fully saturated rings. The molecule has 0 saturated heterocycles. The Bertz CT molecular complexity index is 303. The van der Waals surface area contributed by atoms with E-state index in [-0.39, 0.29) is 12.5 Å². The van der Waals surface area contributed by atoms with E-state index in [9.17, 15) is 9.59 Å². The minimum atomic E-state index is -1.05. The Hall–Kier alpha value is -1.52. The molecule has 0 aromatic rings. The molecule has 2 amide bonds. The van der Waals surface area contributed by atoms with E-state index in [0.29, 0.717) is 5.92 Å². The van der Waals surface area contributed by atoms with Crippen molar-refractivity contribution in [3.05, 3.63) is 12.7 Å². The molecule has 0 bridgehead atoms. The molecule has 0 radical (unpaired) electrons. The number of urea groups is 1. The maximum absolute atomic E-state index is 11.6. The fourth-order valence-electron chi connectivity index (χ4n) is 1.72. The molecule has 0 aliphatic heterocycles. The van der Waals surface area contributed by atoms with Gasteiger partial charge in [0, 0.05) is 6.04 Å². The van der Waals surface area contributed by atoms with Crippen LogP contribution in [0, 0.1) is 5.92 Å². The van der Waals surface area contributed by atoms with Crippen LogP contribution in [0.25, 0.3) is 0 Å². The Labute approximate surface area is 115 Å². The molecule has 19 heavy (non-hydrogen) atoms. The molecule has 2 atom stereocenters. The molecular weight excluding hydrogens is 244 g/mol. The third kappa shape index (κ3) is 9.11. The van der Waals surface area contributed by atoms with E-state index in [1.807, 2.05) is 6.92 Å². The number of aliphatic carboxylic acids is 1. The second-order valence-corrected chi connectivity index (χ2v) is 5.26. The van der Waals surface area contributed by atoms with Crippen LogP contribution in [-0.4, -0.2) is 29.2 Å². The van der Waals surface area contributed by atoms with Crippen molar-refractivity contribution in [1.29, 1.82) is 0 Å². The quantitative estimate of drug-likeness (QED) is 0.563. The van der Waals surface area contributed by atoms with Crippen molar-refractivity contribution in [2.24, 2.45) is 5.92 Å². The van der Waals surface area contributed by atoms with Gasteiger partial charge in [0.05, 0.1) is 0 Å². The van der Waals surface area contributed by atoms with Crippen LogP contribution in [0.5, 0.6) is 0 Å². The van der Waals surface area contributed by atoms with Gasteiger partial charge in [0.2, 0.25) is 0 Å². The first-order valence-electron chi connectivity index (χ1n) is 6.77. The number of carboxylic acids is 1. The lowest BCUT2D eigenvalue weighted by atomic mass is 10.0. The maximum atomic E-state index is 11.6. The normalized spacial score (nSPS) is 13.7. The van der Waals surface area contributed by atoms with Crippen LogP contribution in [0.15, 0.2) is 12.7 Å². The molecule has 110 valence electrons. The van der Waals surface area contributed by atoms with Gasteiger partial charge in [0.15, 0.2) is 0 Å². The van der Waals surface area contributed by atoms with Gasteiger partial charge in [-0.2, -0.15) is 0 Å². The number of rotatable bonds is 9. The van der Waals surface area contributed by atoms with E-state index in [0.717, 1.165) is 19.3 Å². The summed E-state index contributed by atoms with van der Waals surface area (Å²) < 4.78 is 0. The van der Waals surface area contributed by atoms with Crippen LogP contribution in [0.4, 0.5) is 4.79 Å². The number of hydrogen-bond donors (Lipinski definition) is 3. The first kappa shape index (κ1) is 17.5. The van der Waals surface area contributed by atoms with Gasteiger partial charge in [-0.25, -0.2) is 9.59 Å². The number of nitrogens with one attached hydrogen (secondary N) is 2. The fourth-order valence-corrected chi connectivity index (χ4v) is 1.72. The summed E-state index contributed by atoms with van der Waals surface area (Å²) in [6.07, 6.45) is 4.76. The molecule has 0 aliphatic carbocycles. The zero-order chi connectivity index (χ0) is 14.8. The van der Waals surface area contributed by atoms with E-state index in [4.69, 9.17) is 5.11 Å². The van der Waals surface area contributed by atoms with Crippen LogP contribution in [0.3, 0.4) is 0 Å². The van der Waals surface area contributed by atoms with Gasteiger partial charge >= 0.3 is 12.0 Å². The molecule has 5 nitrogen and oxygen atoms in total. The Morgan fingerprint density at radius 1 is 1.21 bits per heavy atom. The van der Waals surface area contributed by atoms with E-state index in [1.165, 1.54) is 6.08 Å². The van der Waals surface area contributed by atoms with Crippen LogP contribution in [0.1, 0.15) is 46.5 Å². The minimum absolute atomic E-state index is 0.0388. The summed E-state index contributed by atoms with van der Waals surface area (Å²) in [4.78, 5) is 22.5. The van der Waals surface area contributed by atoms with E-state index in [1.54, 1.807) is 0 Å². The van der Waals surface area contributed by atoms with E-state index < -0.39 is 18.0 Å². The van der Waals surface area contributed by atoms with Crippen molar-refractivity contribution in [3.63, 3.8) is 0 Å². The highest BCUT2D eigenvalue weighted by atomic mass is 16.4. The number of carbonyl (C=O) groups excluding carboxylic acids is 1. The summed E-state index contributed by atoms with van der Waals surface area (Å²) in [5.41, 5.74) is 0. The highest BCUT2D eigenvalue weighted by molar-refractivity contribution is 5.82. The number of hydrogen-bond acceptors (Lipinski definition) is 2. The molecule has 2 unspecified atom stereocenters. The van der Waals surface area contributed by atoms with Gasteiger partial charge in [-0.3, -0.25) is 0 Å². The second-order valence-electron chi connectivity index (χ2n) is 5.26. The van der Waals surface area contributed by atoms with Gasteiger partial charge in [-0.15, -0.1) is 6.58 Å². The minimum Gasteiger partial charge on any atom is -0.480 e. The highest BCUT2D eigenvalue weighted by Gasteiger charge is 2.18. The molecule has 0 aromatic heterocycles. The van der Waals surface area contributed by atoms with Gasteiger partial charge in [-0.1, -0.05) is 32.8 Å². The largest absolute Gasteiger partial charge is 0.480 e. The highest BCUT2D eigenvalue weighted by Crippen LogP contribution is 2.08. The maximum Gasteiger partial charge on any atom is 0.326 e. The predicted molar refractivity (Wildman–Crippen MR) is 76.1 cm³/mol. The summed E-state index contributed by atoms with van der Waals surface area (Å²) in [7, 11) is 0. The first-order valence-corrected chi connectivity index (χ1v) is 6.77. The van der Waals surface area contributed by atoms with Crippen molar-refractivity contribution < 1.29 is 14.7 Å².